The van der Waals surface area contributed by atoms with E-state index in [1.807, 2.05) is 0 Å². The molecule has 1 amide bonds. The fourth-order valence-electron chi connectivity index (χ4n) is 3.05. The van der Waals surface area contributed by atoms with Crippen molar-refractivity contribution in [2.75, 3.05) is 0 Å². The Morgan fingerprint density at radius 3 is 2.74 bits per heavy atom. The number of phenols is 1. The van der Waals surface area contributed by atoms with Crippen LogP contribution in [-0.4, -0.2) is 23.1 Å². The highest BCUT2D eigenvalue weighted by atomic mass is 79.9. The number of hydrogen-bond donors (Lipinski definition) is 3. The molecule has 0 spiro atoms. The maximum atomic E-state index is 12.2. The molecule has 1 aromatic rings. The van der Waals surface area contributed by atoms with Crippen molar-refractivity contribution in [3.63, 3.8) is 0 Å². The lowest BCUT2D eigenvalue weighted by Gasteiger charge is -2.40. The smallest absolute Gasteiger partial charge is 0.242 e. The van der Waals surface area contributed by atoms with Gasteiger partial charge in [-0.2, -0.15) is 0 Å². The number of carbonyl (C=O) groups is 1. The van der Waals surface area contributed by atoms with Gasteiger partial charge in [0.1, 0.15) is 11.8 Å². The highest BCUT2D eigenvalue weighted by Gasteiger charge is 2.37. The summed E-state index contributed by atoms with van der Waals surface area (Å²) in [5.74, 6) is 0.113. The Balaban J connectivity index is 1.88. The summed E-state index contributed by atoms with van der Waals surface area (Å²) in [6, 6.07) is 5.28. The number of halogens is 1. The molecule has 0 aromatic heterocycles. The van der Waals surface area contributed by atoms with Gasteiger partial charge in [-0.1, -0.05) is 28.8 Å². The van der Waals surface area contributed by atoms with Gasteiger partial charge in [0.2, 0.25) is 5.91 Å². The van der Waals surface area contributed by atoms with E-state index in [-0.39, 0.29) is 17.7 Å². The Morgan fingerprint density at radius 1 is 1.21 bits per heavy atom. The standard InChI is InChI=1S/C14H17BrN2O2/c15-8-5-6-12(18)9(7-8)13-14(19)17-11-4-2-1-3-10(11)16-13/h5-7,10-11,13,16,18H,1-4H2,(H,17,19)/t10-,11-,13?/m0/s1. The SMILES string of the molecule is O=C1N[C@H]2CCCC[C@@H]2NC1c1cc(Br)ccc1O. The van der Waals surface area contributed by atoms with Crippen LogP contribution in [0.4, 0.5) is 0 Å². The summed E-state index contributed by atoms with van der Waals surface area (Å²) < 4.78 is 0.862. The minimum absolute atomic E-state index is 0.0449. The number of benzene rings is 1. The van der Waals surface area contributed by atoms with Crippen LogP contribution in [0.1, 0.15) is 37.3 Å². The van der Waals surface area contributed by atoms with Crippen LogP contribution in [0, 0.1) is 0 Å². The van der Waals surface area contributed by atoms with Crippen molar-refractivity contribution in [1.29, 1.82) is 0 Å². The van der Waals surface area contributed by atoms with Crippen molar-refractivity contribution in [3.8, 4) is 5.75 Å². The summed E-state index contributed by atoms with van der Waals surface area (Å²) in [5, 5.41) is 16.4. The van der Waals surface area contributed by atoms with Crippen LogP contribution in [0.25, 0.3) is 0 Å². The zero-order chi connectivity index (χ0) is 13.4. The largest absolute Gasteiger partial charge is 0.508 e. The van der Waals surface area contributed by atoms with Crippen molar-refractivity contribution >= 4 is 21.8 Å². The third-order valence-corrected chi connectivity index (χ3v) is 4.53. The Bertz CT molecular complexity index is 506. The van der Waals surface area contributed by atoms with E-state index < -0.39 is 6.04 Å². The lowest BCUT2D eigenvalue weighted by molar-refractivity contribution is -0.127. The molecule has 3 atom stereocenters. The molecule has 1 aliphatic carbocycles. The van der Waals surface area contributed by atoms with Crippen molar-refractivity contribution in [1.82, 2.24) is 10.6 Å². The molecule has 2 fully saturated rings. The first kappa shape index (κ1) is 12.9. The van der Waals surface area contributed by atoms with Gasteiger partial charge in [0.15, 0.2) is 0 Å². The highest BCUT2D eigenvalue weighted by molar-refractivity contribution is 9.10. The van der Waals surface area contributed by atoms with Crippen molar-refractivity contribution < 1.29 is 9.90 Å². The second kappa shape index (κ2) is 5.13. The van der Waals surface area contributed by atoms with Crippen LogP contribution >= 0.6 is 15.9 Å². The third kappa shape index (κ3) is 2.49. The van der Waals surface area contributed by atoms with E-state index in [1.165, 1.54) is 12.8 Å². The molecule has 5 heteroatoms. The van der Waals surface area contributed by atoms with Gasteiger partial charge in [0, 0.05) is 22.1 Å². The number of hydrogen-bond acceptors (Lipinski definition) is 3. The molecule has 1 saturated heterocycles. The van der Waals surface area contributed by atoms with E-state index >= 15 is 0 Å². The second-order valence-electron chi connectivity index (χ2n) is 5.31. The van der Waals surface area contributed by atoms with Gasteiger partial charge in [0.25, 0.3) is 0 Å². The third-order valence-electron chi connectivity index (χ3n) is 4.04. The summed E-state index contributed by atoms with van der Waals surface area (Å²) >= 11 is 3.38. The van der Waals surface area contributed by atoms with Crippen LogP contribution in [-0.2, 0) is 4.79 Å². The molecule has 1 aliphatic heterocycles. The molecule has 1 aromatic carbocycles. The molecular weight excluding hydrogens is 308 g/mol. The molecule has 3 rings (SSSR count). The van der Waals surface area contributed by atoms with Crippen molar-refractivity contribution in [2.45, 2.75) is 43.8 Å². The van der Waals surface area contributed by atoms with Gasteiger partial charge in [-0.05, 0) is 31.0 Å². The van der Waals surface area contributed by atoms with Crippen LogP contribution in [0.5, 0.6) is 5.75 Å². The van der Waals surface area contributed by atoms with Gasteiger partial charge in [-0.15, -0.1) is 0 Å². The van der Waals surface area contributed by atoms with Gasteiger partial charge in [-0.25, -0.2) is 0 Å². The topological polar surface area (TPSA) is 61.4 Å². The average Bonchev–Trinajstić information content (AvgIpc) is 2.41. The fourth-order valence-corrected chi connectivity index (χ4v) is 3.43. The normalized spacial score (nSPS) is 30.6. The number of rotatable bonds is 1. The van der Waals surface area contributed by atoms with Crippen LogP contribution in [0.15, 0.2) is 22.7 Å². The molecule has 1 heterocycles. The number of amides is 1. The minimum Gasteiger partial charge on any atom is -0.508 e. The fraction of sp³-hybridized carbons (Fsp3) is 0.500. The molecule has 1 saturated carbocycles. The predicted molar refractivity (Wildman–Crippen MR) is 75.9 cm³/mol. The Labute approximate surface area is 120 Å². The maximum Gasteiger partial charge on any atom is 0.242 e. The monoisotopic (exact) mass is 324 g/mol. The molecule has 102 valence electrons. The lowest BCUT2D eigenvalue weighted by Crippen LogP contribution is -2.61. The van der Waals surface area contributed by atoms with Crippen LogP contribution < -0.4 is 10.6 Å². The van der Waals surface area contributed by atoms with Crippen molar-refractivity contribution in [3.05, 3.63) is 28.2 Å². The Hall–Kier alpha value is -1.07. The molecule has 0 bridgehead atoms. The number of piperazine rings is 1. The van der Waals surface area contributed by atoms with Gasteiger partial charge in [-0.3, -0.25) is 10.1 Å². The Kier molecular flexibility index (Phi) is 3.50. The molecule has 4 nitrogen and oxygen atoms in total. The van der Waals surface area contributed by atoms with Crippen LogP contribution in [0.3, 0.4) is 0 Å². The molecular formula is C14H17BrN2O2. The summed E-state index contributed by atoms with van der Waals surface area (Å²) in [6.45, 7) is 0. The number of aromatic hydroxyl groups is 1. The zero-order valence-electron chi connectivity index (χ0n) is 10.5. The first-order valence-electron chi connectivity index (χ1n) is 6.70. The number of nitrogens with one attached hydrogen (secondary N) is 2. The summed E-state index contributed by atoms with van der Waals surface area (Å²) in [7, 11) is 0. The highest BCUT2D eigenvalue weighted by Crippen LogP contribution is 2.32. The molecule has 19 heavy (non-hydrogen) atoms. The summed E-state index contributed by atoms with van der Waals surface area (Å²) in [5.41, 5.74) is 0.635. The van der Waals surface area contributed by atoms with E-state index in [1.54, 1.807) is 18.2 Å². The molecule has 1 unspecified atom stereocenters. The molecule has 0 radical (unpaired) electrons. The predicted octanol–water partition coefficient (Wildman–Crippen LogP) is 2.23. The van der Waals surface area contributed by atoms with E-state index in [4.69, 9.17) is 0 Å². The molecule has 3 N–H and O–H groups in total. The first-order valence-corrected chi connectivity index (χ1v) is 7.49. The lowest BCUT2D eigenvalue weighted by atomic mass is 9.86. The van der Waals surface area contributed by atoms with Gasteiger partial charge < -0.3 is 10.4 Å². The number of carbonyl (C=O) groups excluding carboxylic acids is 1. The second-order valence-corrected chi connectivity index (χ2v) is 6.22. The minimum atomic E-state index is -0.461. The summed E-state index contributed by atoms with van der Waals surface area (Å²) in [4.78, 5) is 12.2. The summed E-state index contributed by atoms with van der Waals surface area (Å²) in [6.07, 6.45) is 4.49. The average molecular weight is 325 g/mol. The van der Waals surface area contributed by atoms with E-state index in [9.17, 15) is 9.90 Å². The van der Waals surface area contributed by atoms with E-state index in [0.717, 1.165) is 17.3 Å². The van der Waals surface area contributed by atoms with Gasteiger partial charge in [0.05, 0.1) is 0 Å². The Morgan fingerprint density at radius 2 is 1.95 bits per heavy atom. The van der Waals surface area contributed by atoms with E-state index in [0.29, 0.717) is 11.6 Å². The molecule has 2 aliphatic rings. The zero-order valence-corrected chi connectivity index (χ0v) is 12.1. The maximum absolute atomic E-state index is 12.2. The van der Waals surface area contributed by atoms with Gasteiger partial charge >= 0.3 is 0 Å². The van der Waals surface area contributed by atoms with E-state index in [2.05, 4.69) is 26.6 Å². The quantitative estimate of drug-likeness (QED) is 0.742. The number of phenolic OH excluding ortho intramolecular Hbond substituents is 1. The number of fused-ring (bicyclic) bond motifs is 1. The van der Waals surface area contributed by atoms with Crippen molar-refractivity contribution in [2.24, 2.45) is 0 Å². The van der Waals surface area contributed by atoms with Crippen LogP contribution in [0.2, 0.25) is 0 Å². The first-order chi connectivity index (χ1) is 9.15.